The van der Waals surface area contributed by atoms with E-state index in [2.05, 4.69) is 9.47 Å². The van der Waals surface area contributed by atoms with Crippen LogP contribution in [0, 0.1) is 34.9 Å². The molecule has 5 rings (SSSR count). The molecule has 0 aliphatic heterocycles. The van der Waals surface area contributed by atoms with Gasteiger partial charge in [-0.05, 0) is 66.2 Å². The fourth-order valence-electron chi connectivity index (χ4n) is 3.72. The average molecular weight is 800 g/mol. The Labute approximate surface area is 284 Å². The number of rotatable bonds is 9. The highest BCUT2D eigenvalue weighted by Gasteiger charge is 2.37. The molecule has 15 heteroatoms. The highest BCUT2D eigenvalue weighted by molar-refractivity contribution is 14.0. The van der Waals surface area contributed by atoms with Gasteiger partial charge < -0.3 is 19.3 Å². The molecule has 0 radical (unpaired) electrons. The SMILES string of the molecule is Fc1ccc(C(F)(F)Oc2ccc(OCc3ccccc3)cc2F)cc1F.I.Oc1ccc(OC(F)(F)c2ccc(F)c(F)c2)c(F)c1.[HH]. The van der Waals surface area contributed by atoms with Crippen molar-refractivity contribution in [3.05, 3.63) is 155 Å². The van der Waals surface area contributed by atoms with Crippen molar-refractivity contribution < 1.29 is 64.6 Å². The van der Waals surface area contributed by atoms with Crippen LogP contribution in [0.1, 0.15) is 18.1 Å². The molecule has 0 atom stereocenters. The van der Waals surface area contributed by atoms with Gasteiger partial charge in [-0.1, -0.05) is 30.3 Å². The Morgan fingerprint density at radius 1 is 0.521 bits per heavy atom. The van der Waals surface area contributed by atoms with Crippen molar-refractivity contribution in [3.63, 3.8) is 0 Å². The number of phenolic OH excluding ortho intramolecular Hbond substituents is 1. The van der Waals surface area contributed by atoms with Crippen LogP contribution in [0.3, 0.4) is 0 Å². The minimum absolute atomic E-state index is 0. The van der Waals surface area contributed by atoms with Crippen LogP contribution in [0.15, 0.2) is 103 Å². The fraction of sp³-hybridized carbons (Fsp3) is 0.0909. The first-order chi connectivity index (χ1) is 22.1. The molecule has 0 unspecified atom stereocenters. The predicted molar refractivity (Wildman–Crippen MR) is 165 cm³/mol. The fourth-order valence-corrected chi connectivity index (χ4v) is 3.72. The van der Waals surface area contributed by atoms with Crippen LogP contribution in [0.5, 0.6) is 23.0 Å². The highest BCUT2D eigenvalue weighted by atomic mass is 127. The molecule has 0 saturated carbocycles. The summed E-state index contributed by atoms with van der Waals surface area (Å²) in [5.41, 5.74) is -1.06. The maximum Gasteiger partial charge on any atom is 0.426 e. The summed E-state index contributed by atoms with van der Waals surface area (Å²) in [6.45, 7) is 0.172. The van der Waals surface area contributed by atoms with Crippen LogP contribution >= 0.6 is 24.0 Å². The molecule has 0 saturated heterocycles. The lowest BCUT2D eigenvalue weighted by Crippen LogP contribution is -2.22. The second kappa shape index (κ2) is 16.0. The van der Waals surface area contributed by atoms with Crippen LogP contribution in [-0.4, -0.2) is 5.11 Å². The molecule has 0 aliphatic rings. The smallest absolute Gasteiger partial charge is 0.426 e. The van der Waals surface area contributed by atoms with Crippen LogP contribution in [0.2, 0.25) is 0 Å². The average Bonchev–Trinajstić information content (AvgIpc) is 3.02. The first-order valence-electron chi connectivity index (χ1n) is 13.1. The van der Waals surface area contributed by atoms with E-state index in [-0.39, 0.29) is 43.8 Å². The number of hydrogen-bond donors (Lipinski definition) is 1. The molecule has 256 valence electrons. The van der Waals surface area contributed by atoms with Gasteiger partial charge in [-0.2, -0.15) is 17.6 Å². The molecule has 5 aromatic carbocycles. The van der Waals surface area contributed by atoms with Crippen LogP contribution < -0.4 is 14.2 Å². The third kappa shape index (κ3) is 9.92. The molecule has 0 fully saturated rings. The van der Waals surface area contributed by atoms with Gasteiger partial charge in [0.2, 0.25) is 0 Å². The lowest BCUT2D eigenvalue weighted by atomic mass is 10.2. The van der Waals surface area contributed by atoms with Crippen molar-refractivity contribution in [2.24, 2.45) is 0 Å². The first-order valence-corrected chi connectivity index (χ1v) is 13.1. The minimum atomic E-state index is -4.06. The summed E-state index contributed by atoms with van der Waals surface area (Å²) in [6.07, 6.45) is -8.12. The van der Waals surface area contributed by atoms with Crippen molar-refractivity contribution in [3.8, 4) is 23.0 Å². The summed E-state index contributed by atoms with van der Waals surface area (Å²) >= 11 is 0. The predicted octanol–water partition coefficient (Wildman–Crippen LogP) is 10.6. The zero-order valence-electron chi connectivity index (χ0n) is 23.9. The number of halogens is 11. The maximum atomic E-state index is 14.1. The second-order valence-electron chi connectivity index (χ2n) is 9.48. The third-order valence-corrected chi connectivity index (χ3v) is 6.05. The summed E-state index contributed by atoms with van der Waals surface area (Å²) in [4.78, 5) is 0. The maximum absolute atomic E-state index is 14.1. The van der Waals surface area contributed by atoms with Crippen LogP contribution in [-0.2, 0) is 18.8 Å². The van der Waals surface area contributed by atoms with Gasteiger partial charge >= 0.3 is 12.2 Å². The quantitative estimate of drug-likeness (QED) is 0.119. The molecule has 0 spiro atoms. The molecule has 0 amide bonds. The van der Waals surface area contributed by atoms with Crippen LogP contribution in [0.4, 0.5) is 43.9 Å². The molecule has 0 aromatic heterocycles. The van der Waals surface area contributed by atoms with E-state index >= 15 is 0 Å². The molecule has 0 heterocycles. The molecular weight excluding hydrogens is 777 g/mol. The Kier molecular flexibility index (Phi) is 12.6. The van der Waals surface area contributed by atoms with Crippen molar-refractivity contribution in [1.29, 1.82) is 0 Å². The molecule has 0 bridgehead atoms. The van der Waals surface area contributed by atoms with E-state index in [0.717, 1.165) is 29.8 Å². The highest BCUT2D eigenvalue weighted by Crippen LogP contribution is 2.36. The standard InChI is InChI=1S/C20H13F5O2.C13H7F5O2.HI.H2/c21-16-8-6-14(10-17(16)22)20(24,25)27-19-9-7-15(11-18(19)23)26-12-13-4-2-1-3-5-13;14-9-3-1-7(5-10(9)15)13(17,18)20-12-4-2-8(19)6-11(12)16;;/h1-11H,12H2;1-6,19H;2*1H. The number of aromatic hydroxyl groups is 1. The van der Waals surface area contributed by atoms with Gasteiger partial charge in [-0.15, -0.1) is 24.0 Å². The van der Waals surface area contributed by atoms with E-state index in [0.29, 0.717) is 36.4 Å². The third-order valence-electron chi connectivity index (χ3n) is 6.05. The van der Waals surface area contributed by atoms with Crippen LogP contribution in [0.25, 0.3) is 0 Å². The largest absolute Gasteiger partial charge is 0.508 e. The van der Waals surface area contributed by atoms with Gasteiger partial charge in [0.1, 0.15) is 18.1 Å². The monoisotopic (exact) mass is 800 g/mol. The van der Waals surface area contributed by atoms with Gasteiger partial charge in [0.25, 0.3) is 0 Å². The molecule has 48 heavy (non-hydrogen) atoms. The van der Waals surface area contributed by atoms with Gasteiger partial charge in [0.15, 0.2) is 46.4 Å². The Hall–Kier alpha value is -4.67. The zero-order valence-corrected chi connectivity index (χ0v) is 26.2. The summed E-state index contributed by atoms with van der Waals surface area (Å²) in [5.74, 6) is -9.73. The normalized spacial score (nSPS) is 11.1. The summed E-state index contributed by atoms with van der Waals surface area (Å²) in [6, 6.07) is 17.4. The van der Waals surface area contributed by atoms with Gasteiger partial charge in [0, 0.05) is 13.6 Å². The summed E-state index contributed by atoms with van der Waals surface area (Å²) in [7, 11) is 0. The van der Waals surface area contributed by atoms with Crippen molar-refractivity contribution in [2.45, 2.75) is 18.8 Å². The number of hydrogen-bond acceptors (Lipinski definition) is 4. The Morgan fingerprint density at radius 2 is 1.00 bits per heavy atom. The molecule has 4 nitrogen and oxygen atoms in total. The number of benzene rings is 5. The molecular formula is C33H23F10IO4. The second-order valence-corrected chi connectivity index (χ2v) is 9.48. The molecule has 0 aliphatic carbocycles. The van der Waals surface area contributed by atoms with Gasteiger partial charge in [-0.3, -0.25) is 0 Å². The van der Waals surface area contributed by atoms with E-state index in [4.69, 9.17) is 9.84 Å². The van der Waals surface area contributed by atoms with E-state index < -0.39 is 75.5 Å². The Bertz CT molecular complexity index is 1850. The van der Waals surface area contributed by atoms with Crippen molar-refractivity contribution >= 4 is 24.0 Å². The van der Waals surface area contributed by atoms with E-state index in [9.17, 15) is 43.9 Å². The van der Waals surface area contributed by atoms with Crippen molar-refractivity contribution in [1.82, 2.24) is 0 Å². The van der Waals surface area contributed by atoms with E-state index in [1.165, 1.54) is 6.07 Å². The van der Waals surface area contributed by atoms with Gasteiger partial charge in [-0.25, -0.2) is 26.3 Å². The Morgan fingerprint density at radius 3 is 1.46 bits per heavy atom. The number of ether oxygens (including phenoxy) is 3. The molecule has 1 N–H and O–H groups in total. The molecule has 5 aromatic rings. The number of alkyl halides is 4. The lowest BCUT2D eigenvalue weighted by molar-refractivity contribution is -0.187. The van der Waals surface area contributed by atoms with E-state index in [1.54, 1.807) is 0 Å². The summed E-state index contributed by atoms with van der Waals surface area (Å²) < 4.78 is 149. The summed E-state index contributed by atoms with van der Waals surface area (Å²) in [5, 5.41) is 8.95. The zero-order chi connectivity index (χ0) is 34.4. The minimum Gasteiger partial charge on any atom is -0.508 e. The first kappa shape index (κ1) is 37.8. The van der Waals surface area contributed by atoms with Gasteiger partial charge in [0.05, 0.1) is 11.1 Å². The topological polar surface area (TPSA) is 47.9 Å². The Balaban J connectivity index is 0.000000340. The lowest BCUT2D eigenvalue weighted by Gasteiger charge is -2.19. The number of phenols is 1. The van der Waals surface area contributed by atoms with E-state index in [1.807, 2.05) is 30.3 Å². The van der Waals surface area contributed by atoms with Crippen molar-refractivity contribution in [2.75, 3.05) is 0 Å².